The van der Waals surface area contributed by atoms with E-state index >= 15 is 0 Å². The Morgan fingerprint density at radius 1 is 1.10 bits per heavy atom. The highest BCUT2D eigenvalue weighted by Crippen LogP contribution is 2.16. The first-order valence-corrected chi connectivity index (χ1v) is 8.55. The standard InChI is InChI=1S/C19H14F2N6O2/c1-11-23-16(15-4-2-3-5-22-15)9-17-25-26(19(29)27(11)17)10-18(28)24-14-7-12(20)6-13(21)8-14/h2-9H,10H2,1H3,(H,24,28). The molecule has 3 heterocycles. The minimum Gasteiger partial charge on any atom is -0.324 e. The topological polar surface area (TPSA) is 94.2 Å². The average molecular weight is 396 g/mol. The lowest BCUT2D eigenvalue weighted by atomic mass is 10.2. The number of aryl methyl sites for hydroxylation is 1. The number of halogens is 2. The third-order valence-corrected chi connectivity index (χ3v) is 4.10. The summed E-state index contributed by atoms with van der Waals surface area (Å²) in [5.41, 5.74) is 0.837. The average Bonchev–Trinajstić information content (AvgIpc) is 2.97. The van der Waals surface area contributed by atoms with E-state index in [9.17, 15) is 18.4 Å². The Balaban J connectivity index is 1.64. The van der Waals surface area contributed by atoms with Gasteiger partial charge in [0.15, 0.2) is 5.65 Å². The number of carbonyl (C=O) groups is 1. The van der Waals surface area contributed by atoms with Crippen molar-refractivity contribution in [1.82, 2.24) is 24.1 Å². The molecular formula is C19H14F2N6O2. The van der Waals surface area contributed by atoms with Gasteiger partial charge in [-0.3, -0.25) is 9.78 Å². The van der Waals surface area contributed by atoms with Gasteiger partial charge in [-0.1, -0.05) is 6.07 Å². The predicted molar refractivity (Wildman–Crippen MR) is 100 cm³/mol. The molecule has 0 aliphatic rings. The number of carbonyl (C=O) groups excluding carboxylic acids is 1. The number of nitrogens with one attached hydrogen (secondary N) is 1. The molecule has 29 heavy (non-hydrogen) atoms. The Bertz CT molecular complexity index is 1260. The van der Waals surface area contributed by atoms with E-state index in [4.69, 9.17) is 0 Å². The predicted octanol–water partition coefficient (Wildman–Crippen LogP) is 2.18. The van der Waals surface area contributed by atoms with Crippen LogP contribution in [0.3, 0.4) is 0 Å². The fourth-order valence-electron chi connectivity index (χ4n) is 2.91. The molecule has 4 rings (SSSR count). The molecule has 0 aliphatic carbocycles. The van der Waals surface area contributed by atoms with Crippen LogP contribution in [0.15, 0.2) is 53.5 Å². The van der Waals surface area contributed by atoms with Crippen molar-refractivity contribution in [2.45, 2.75) is 13.5 Å². The number of nitrogens with zero attached hydrogens (tertiary/aromatic N) is 5. The molecule has 0 spiro atoms. The first-order valence-electron chi connectivity index (χ1n) is 8.55. The number of fused-ring (bicyclic) bond motifs is 1. The van der Waals surface area contributed by atoms with Crippen LogP contribution in [0.1, 0.15) is 5.82 Å². The molecule has 0 fully saturated rings. The van der Waals surface area contributed by atoms with Gasteiger partial charge in [0, 0.05) is 24.0 Å². The van der Waals surface area contributed by atoms with Gasteiger partial charge in [0.25, 0.3) is 0 Å². The molecule has 0 bridgehead atoms. The number of anilines is 1. The fourth-order valence-corrected chi connectivity index (χ4v) is 2.91. The molecular weight excluding hydrogens is 382 g/mol. The van der Waals surface area contributed by atoms with E-state index in [2.05, 4.69) is 20.4 Å². The van der Waals surface area contributed by atoms with Gasteiger partial charge in [-0.05, 0) is 31.2 Å². The van der Waals surface area contributed by atoms with Crippen LogP contribution in [0.2, 0.25) is 0 Å². The van der Waals surface area contributed by atoms with Gasteiger partial charge in [0.2, 0.25) is 5.91 Å². The number of hydrogen-bond acceptors (Lipinski definition) is 5. The van der Waals surface area contributed by atoms with Crippen LogP contribution in [0.5, 0.6) is 0 Å². The molecule has 8 nitrogen and oxygen atoms in total. The van der Waals surface area contributed by atoms with Crippen LogP contribution in [-0.2, 0) is 11.3 Å². The summed E-state index contributed by atoms with van der Waals surface area (Å²) in [4.78, 5) is 33.4. The van der Waals surface area contributed by atoms with Gasteiger partial charge >= 0.3 is 5.69 Å². The minimum atomic E-state index is -0.825. The molecule has 0 saturated heterocycles. The van der Waals surface area contributed by atoms with Crippen LogP contribution >= 0.6 is 0 Å². The molecule has 0 aliphatic heterocycles. The molecule has 0 unspecified atom stereocenters. The van der Waals surface area contributed by atoms with Gasteiger partial charge in [0.1, 0.15) is 24.0 Å². The van der Waals surface area contributed by atoms with Crippen LogP contribution < -0.4 is 11.0 Å². The van der Waals surface area contributed by atoms with Crippen molar-refractivity contribution >= 4 is 17.2 Å². The van der Waals surface area contributed by atoms with E-state index in [1.807, 2.05) is 6.07 Å². The van der Waals surface area contributed by atoms with Crippen molar-refractivity contribution in [3.63, 3.8) is 0 Å². The van der Waals surface area contributed by atoms with E-state index in [0.29, 0.717) is 28.9 Å². The van der Waals surface area contributed by atoms with Gasteiger partial charge in [-0.2, -0.15) is 0 Å². The summed E-state index contributed by atoms with van der Waals surface area (Å²) in [6.45, 7) is 1.21. The second-order valence-electron chi connectivity index (χ2n) is 6.24. The van der Waals surface area contributed by atoms with Crippen LogP contribution in [0.4, 0.5) is 14.5 Å². The van der Waals surface area contributed by atoms with Crippen LogP contribution in [0.25, 0.3) is 17.0 Å². The summed E-state index contributed by atoms with van der Waals surface area (Å²) in [6.07, 6.45) is 1.63. The largest absolute Gasteiger partial charge is 0.352 e. The third kappa shape index (κ3) is 3.72. The van der Waals surface area contributed by atoms with E-state index in [0.717, 1.165) is 16.8 Å². The summed E-state index contributed by atoms with van der Waals surface area (Å²) in [6, 6.07) is 9.59. The quantitative estimate of drug-likeness (QED) is 0.571. The minimum absolute atomic E-state index is 0.0559. The number of aromatic nitrogens is 5. The van der Waals surface area contributed by atoms with Crippen LogP contribution in [-0.4, -0.2) is 30.1 Å². The second-order valence-corrected chi connectivity index (χ2v) is 6.24. The Hall–Kier alpha value is -3.95. The maximum absolute atomic E-state index is 13.3. The number of pyridine rings is 1. The van der Waals surface area contributed by atoms with Crippen molar-refractivity contribution < 1.29 is 13.6 Å². The monoisotopic (exact) mass is 396 g/mol. The summed E-state index contributed by atoms with van der Waals surface area (Å²) in [5, 5.41) is 6.51. The van der Waals surface area contributed by atoms with E-state index in [-0.39, 0.29) is 5.69 Å². The molecule has 146 valence electrons. The second kappa shape index (κ2) is 7.23. The van der Waals surface area contributed by atoms with Crippen molar-refractivity contribution in [3.8, 4) is 11.4 Å². The van der Waals surface area contributed by atoms with Crippen molar-refractivity contribution in [2.75, 3.05) is 5.32 Å². The van der Waals surface area contributed by atoms with E-state index in [1.165, 1.54) is 4.40 Å². The Labute approximate surface area is 162 Å². The van der Waals surface area contributed by atoms with E-state index in [1.54, 1.807) is 31.3 Å². The lowest BCUT2D eigenvalue weighted by Crippen LogP contribution is -2.29. The number of rotatable bonds is 4. The van der Waals surface area contributed by atoms with Gasteiger partial charge in [0.05, 0.1) is 11.4 Å². The molecule has 0 atom stereocenters. The summed E-state index contributed by atoms with van der Waals surface area (Å²) < 4.78 is 28.7. The molecule has 1 N–H and O–H groups in total. The molecule has 4 aromatic rings. The zero-order valence-electron chi connectivity index (χ0n) is 15.1. The Kier molecular flexibility index (Phi) is 4.59. The molecule has 0 saturated carbocycles. The zero-order valence-corrected chi connectivity index (χ0v) is 15.1. The van der Waals surface area contributed by atoms with Gasteiger partial charge in [-0.15, -0.1) is 5.10 Å². The molecule has 1 amide bonds. The SMILES string of the molecule is Cc1nc(-c2ccccn2)cc2nn(CC(=O)Nc3cc(F)cc(F)c3)c(=O)n12. The highest BCUT2D eigenvalue weighted by molar-refractivity contribution is 5.90. The molecule has 10 heteroatoms. The summed E-state index contributed by atoms with van der Waals surface area (Å²) in [5.74, 6) is -1.93. The normalized spacial score (nSPS) is 11.0. The van der Waals surface area contributed by atoms with Gasteiger partial charge < -0.3 is 5.32 Å². The third-order valence-electron chi connectivity index (χ3n) is 4.10. The van der Waals surface area contributed by atoms with Crippen molar-refractivity contribution in [2.24, 2.45) is 0 Å². The first-order chi connectivity index (χ1) is 13.9. The Morgan fingerprint density at radius 2 is 1.86 bits per heavy atom. The number of amides is 1. The maximum atomic E-state index is 13.3. The lowest BCUT2D eigenvalue weighted by Gasteiger charge is -2.05. The van der Waals surface area contributed by atoms with Crippen LogP contribution in [0, 0.1) is 18.6 Å². The number of hydrogen-bond donors (Lipinski definition) is 1. The Morgan fingerprint density at radius 3 is 2.55 bits per heavy atom. The summed E-state index contributed by atoms with van der Waals surface area (Å²) >= 11 is 0. The zero-order chi connectivity index (χ0) is 20.5. The van der Waals surface area contributed by atoms with Crippen molar-refractivity contribution in [3.05, 3.63) is 76.6 Å². The van der Waals surface area contributed by atoms with Crippen molar-refractivity contribution in [1.29, 1.82) is 0 Å². The van der Waals surface area contributed by atoms with Gasteiger partial charge in [-0.25, -0.2) is 27.6 Å². The first kappa shape index (κ1) is 18.4. The van der Waals surface area contributed by atoms with E-state index < -0.39 is 29.8 Å². The smallest absolute Gasteiger partial charge is 0.324 e. The summed E-state index contributed by atoms with van der Waals surface area (Å²) in [7, 11) is 0. The highest BCUT2D eigenvalue weighted by atomic mass is 19.1. The molecule has 0 radical (unpaired) electrons. The molecule has 3 aromatic heterocycles. The maximum Gasteiger partial charge on any atom is 0.352 e. The molecule has 1 aromatic carbocycles. The highest BCUT2D eigenvalue weighted by Gasteiger charge is 2.15. The lowest BCUT2D eigenvalue weighted by molar-refractivity contribution is -0.117. The fraction of sp³-hybridized carbons (Fsp3) is 0.105. The number of benzene rings is 1.